The van der Waals surface area contributed by atoms with Gasteiger partial charge in [-0.1, -0.05) is 0 Å². The van der Waals surface area contributed by atoms with Gasteiger partial charge in [0.25, 0.3) is 0 Å². The van der Waals surface area contributed by atoms with Crippen LogP contribution >= 0.6 is 0 Å². The Labute approximate surface area is 79.5 Å². The minimum Gasteiger partial charge on any atom is -0.352 e. The number of hydrogen-bond acceptors (Lipinski definition) is 2. The zero-order valence-corrected chi connectivity index (χ0v) is 8.05. The van der Waals surface area contributed by atoms with Gasteiger partial charge in [-0.2, -0.15) is 0 Å². The van der Waals surface area contributed by atoms with Crippen LogP contribution in [-0.4, -0.2) is 36.5 Å². The van der Waals surface area contributed by atoms with Crippen molar-refractivity contribution in [3.8, 4) is 12.3 Å². The summed E-state index contributed by atoms with van der Waals surface area (Å²) in [5.41, 5.74) is 0. The molecule has 0 radical (unpaired) electrons. The Bertz CT molecular complexity index is 219. The van der Waals surface area contributed by atoms with Gasteiger partial charge in [0, 0.05) is 39.0 Å². The van der Waals surface area contributed by atoms with Gasteiger partial charge in [0.15, 0.2) is 0 Å². The molecule has 1 rings (SSSR count). The van der Waals surface area contributed by atoms with Gasteiger partial charge in [0.1, 0.15) is 0 Å². The summed E-state index contributed by atoms with van der Waals surface area (Å²) in [7, 11) is 0. The largest absolute Gasteiger partial charge is 0.352 e. The molecule has 0 saturated carbocycles. The Kier molecular flexibility index (Phi) is 3.78. The molecule has 1 unspecified atom stereocenters. The molecule has 1 fully saturated rings. The van der Waals surface area contributed by atoms with E-state index in [1.54, 1.807) is 6.92 Å². The molecule has 0 aromatic carbocycles. The van der Waals surface area contributed by atoms with Crippen molar-refractivity contribution >= 4 is 5.91 Å². The van der Waals surface area contributed by atoms with Crippen LogP contribution in [0, 0.1) is 12.3 Å². The lowest BCUT2D eigenvalue weighted by Crippen LogP contribution is -2.35. The molecule has 1 amide bonds. The summed E-state index contributed by atoms with van der Waals surface area (Å²) in [5, 5.41) is 2.92. The molecule has 1 aliphatic rings. The van der Waals surface area contributed by atoms with Gasteiger partial charge < -0.3 is 10.2 Å². The molecular weight excluding hydrogens is 164 g/mol. The lowest BCUT2D eigenvalue weighted by molar-refractivity contribution is -0.119. The molecule has 72 valence electrons. The van der Waals surface area contributed by atoms with E-state index in [4.69, 9.17) is 6.42 Å². The fourth-order valence-electron chi connectivity index (χ4n) is 1.66. The number of carbonyl (C=O) groups excluding carboxylic acids is 1. The second-order valence-electron chi connectivity index (χ2n) is 3.44. The SMILES string of the molecule is C#CCCN1CCC(NC(C)=O)C1. The molecule has 3 nitrogen and oxygen atoms in total. The van der Waals surface area contributed by atoms with Crippen molar-refractivity contribution in [2.24, 2.45) is 0 Å². The lowest BCUT2D eigenvalue weighted by atomic mass is 10.2. The zero-order chi connectivity index (χ0) is 9.68. The number of nitrogens with one attached hydrogen (secondary N) is 1. The molecule has 1 saturated heterocycles. The molecule has 1 atom stereocenters. The van der Waals surface area contributed by atoms with Gasteiger partial charge in [0.05, 0.1) is 0 Å². The smallest absolute Gasteiger partial charge is 0.217 e. The van der Waals surface area contributed by atoms with E-state index in [0.717, 1.165) is 32.5 Å². The summed E-state index contributed by atoms with van der Waals surface area (Å²) < 4.78 is 0. The highest BCUT2D eigenvalue weighted by molar-refractivity contribution is 5.73. The third-order valence-corrected chi connectivity index (χ3v) is 2.25. The normalized spacial score (nSPS) is 22.6. The Balaban J connectivity index is 2.20. The molecule has 3 heteroatoms. The van der Waals surface area contributed by atoms with Crippen LogP contribution in [0.1, 0.15) is 19.8 Å². The summed E-state index contributed by atoms with van der Waals surface area (Å²) in [6.45, 7) is 4.50. The van der Waals surface area contributed by atoms with E-state index in [-0.39, 0.29) is 5.91 Å². The summed E-state index contributed by atoms with van der Waals surface area (Å²) in [6, 6.07) is 0.329. The Morgan fingerprint density at radius 1 is 1.77 bits per heavy atom. The van der Waals surface area contributed by atoms with Gasteiger partial charge in [-0.05, 0) is 6.42 Å². The van der Waals surface area contributed by atoms with E-state index in [9.17, 15) is 4.79 Å². The molecule has 13 heavy (non-hydrogen) atoms. The minimum atomic E-state index is 0.0591. The van der Waals surface area contributed by atoms with E-state index in [2.05, 4.69) is 16.1 Å². The summed E-state index contributed by atoms with van der Waals surface area (Å²) in [6.07, 6.45) is 7.02. The maximum Gasteiger partial charge on any atom is 0.217 e. The number of terminal acetylenes is 1. The quantitative estimate of drug-likeness (QED) is 0.630. The third kappa shape index (κ3) is 3.47. The maximum atomic E-state index is 10.8. The molecule has 0 aromatic rings. The van der Waals surface area contributed by atoms with Gasteiger partial charge in [-0.3, -0.25) is 4.79 Å². The molecular formula is C10H16N2O. The zero-order valence-electron chi connectivity index (χ0n) is 8.05. The summed E-state index contributed by atoms with van der Waals surface area (Å²) in [4.78, 5) is 13.1. The van der Waals surface area contributed by atoms with E-state index < -0.39 is 0 Å². The van der Waals surface area contributed by atoms with Crippen molar-refractivity contribution in [2.75, 3.05) is 19.6 Å². The Morgan fingerprint density at radius 3 is 3.15 bits per heavy atom. The lowest BCUT2D eigenvalue weighted by Gasteiger charge is -2.14. The van der Waals surface area contributed by atoms with E-state index >= 15 is 0 Å². The van der Waals surface area contributed by atoms with E-state index in [1.807, 2.05) is 0 Å². The number of likely N-dealkylation sites (tertiary alicyclic amines) is 1. The van der Waals surface area contributed by atoms with Crippen LogP contribution in [0.25, 0.3) is 0 Å². The van der Waals surface area contributed by atoms with Crippen molar-refractivity contribution < 1.29 is 4.79 Å². The Morgan fingerprint density at radius 2 is 2.54 bits per heavy atom. The fourth-order valence-corrected chi connectivity index (χ4v) is 1.66. The van der Waals surface area contributed by atoms with Crippen LogP contribution < -0.4 is 5.32 Å². The number of hydrogen-bond donors (Lipinski definition) is 1. The average Bonchev–Trinajstić information content (AvgIpc) is 2.48. The maximum absolute atomic E-state index is 10.8. The second-order valence-corrected chi connectivity index (χ2v) is 3.44. The van der Waals surface area contributed by atoms with Crippen LogP contribution in [0.5, 0.6) is 0 Å². The van der Waals surface area contributed by atoms with Gasteiger partial charge in [-0.25, -0.2) is 0 Å². The molecule has 1 aliphatic heterocycles. The van der Waals surface area contributed by atoms with Gasteiger partial charge in [0.2, 0.25) is 5.91 Å². The van der Waals surface area contributed by atoms with Crippen molar-refractivity contribution in [1.82, 2.24) is 10.2 Å². The number of amides is 1. The molecule has 0 aliphatic carbocycles. The van der Waals surface area contributed by atoms with Crippen molar-refractivity contribution in [1.29, 1.82) is 0 Å². The van der Waals surface area contributed by atoms with Crippen molar-refractivity contribution in [2.45, 2.75) is 25.8 Å². The summed E-state index contributed by atoms with van der Waals surface area (Å²) in [5.74, 6) is 2.68. The van der Waals surface area contributed by atoms with E-state index in [1.165, 1.54) is 0 Å². The first-order chi connectivity index (χ1) is 6.22. The molecule has 0 aromatic heterocycles. The third-order valence-electron chi connectivity index (χ3n) is 2.25. The van der Waals surface area contributed by atoms with Crippen LogP contribution in [0.4, 0.5) is 0 Å². The first-order valence-electron chi connectivity index (χ1n) is 4.65. The second kappa shape index (κ2) is 4.88. The van der Waals surface area contributed by atoms with Gasteiger partial charge in [-0.15, -0.1) is 12.3 Å². The Hall–Kier alpha value is -1.01. The highest BCUT2D eigenvalue weighted by atomic mass is 16.1. The summed E-state index contributed by atoms with van der Waals surface area (Å²) >= 11 is 0. The monoisotopic (exact) mass is 180 g/mol. The first-order valence-corrected chi connectivity index (χ1v) is 4.65. The van der Waals surface area contributed by atoms with Crippen LogP contribution in [0.3, 0.4) is 0 Å². The molecule has 0 bridgehead atoms. The predicted molar refractivity (Wildman–Crippen MR) is 52.1 cm³/mol. The van der Waals surface area contributed by atoms with Crippen LogP contribution in [-0.2, 0) is 4.79 Å². The first kappa shape index (κ1) is 10.1. The minimum absolute atomic E-state index is 0.0591. The van der Waals surface area contributed by atoms with E-state index in [0.29, 0.717) is 6.04 Å². The predicted octanol–water partition coefficient (Wildman–Crippen LogP) is 0.220. The molecule has 0 spiro atoms. The number of nitrogens with zero attached hydrogens (tertiary/aromatic N) is 1. The standard InChI is InChI=1S/C10H16N2O/c1-3-4-6-12-7-5-10(8-12)11-9(2)13/h1,10H,4-8H2,2H3,(H,11,13). The molecule has 1 N–H and O–H groups in total. The fraction of sp³-hybridized carbons (Fsp3) is 0.700. The highest BCUT2D eigenvalue weighted by Crippen LogP contribution is 2.08. The number of rotatable bonds is 3. The van der Waals surface area contributed by atoms with Crippen molar-refractivity contribution in [3.05, 3.63) is 0 Å². The van der Waals surface area contributed by atoms with Crippen LogP contribution in [0.2, 0.25) is 0 Å². The topological polar surface area (TPSA) is 32.3 Å². The molecule has 1 heterocycles. The van der Waals surface area contributed by atoms with Crippen molar-refractivity contribution in [3.63, 3.8) is 0 Å². The van der Waals surface area contributed by atoms with Gasteiger partial charge >= 0.3 is 0 Å². The average molecular weight is 180 g/mol. The van der Waals surface area contributed by atoms with Crippen LogP contribution in [0.15, 0.2) is 0 Å². The number of carbonyl (C=O) groups is 1. The highest BCUT2D eigenvalue weighted by Gasteiger charge is 2.21.